The number of aryl methyl sites for hydroxylation is 2. The summed E-state index contributed by atoms with van der Waals surface area (Å²) in [6.07, 6.45) is 4.30. The van der Waals surface area contributed by atoms with Gasteiger partial charge in [0.15, 0.2) is 0 Å². The molecule has 1 aliphatic carbocycles. The Hall–Kier alpha value is -1.65. The minimum absolute atomic E-state index is 0.260. The van der Waals surface area contributed by atoms with E-state index in [2.05, 4.69) is 21.2 Å². The topological polar surface area (TPSA) is 45.4 Å². The third kappa shape index (κ3) is 2.68. The Labute approximate surface area is 153 Å². The van der Waals surface area contributed by atoms with Crippen LogP contribution in [0, 0.1) is 0 Å². The predicted octanol–water partition coefficient (Wildman–Crippen LogP) is 6.05. The summed E-state index contributed by atoms with van der Waals surface area (Å²) >= 11 is 9.66. The van der Waals surface area contributed by atoms with Gasteiger partial charge in [0.25, 0.3) is 0 Å². The lowest BCUT2D eigenvalue weighted by atomic mass is 9.93. The number of benzene rings is 2. The molecule has 4 rings (SSSR count). The van der Waals surface area contributed by atoms with E-state index in [1.54, 1.807) is 0 Å². The standard InChI is InChI=1S/C19H17BrClNO2/c20-13-9-17-18(11-5-1-4-8-16(11)24-17)12(19(13)23)10-22-15-7-3-2-6-14(15)21/h2-3,6-7,9,22-23H,1,4-5,8,10H2. The van der Waals surface area contributed by atoms with Crippen LogP contribution in [0.4, 0.5) is 5.69 Å². The van der Waals surface area contributed by atoms with Gasteiger partial charge in [-0.2, -0.15) is 0 Å². The maximum Gasteiger partial charge on any atom is 0.136 e. The van der Waals surface area contributed by atoms with Crippen molar-refractivity contribution in [3.63, 3.8) is 0 Å². The molecule has 0 bridgehead atoms. The number of hydrogen-bond donors (Lipinski definition) is 2. The molecular formula is C19H17BrClNO2. The number of fused-ring (bicyclic) bond motifs is 3. The van der Waals surface area contributed by atoms with Gasteiger partial charge in [0.05, 0.1) is 15.2 Å². The number of phenols is 1. The summed E-state index contributed by atoms with van der Waals surface area (Å²) in [6.45, 7) is 0.484. The average molecular weight is 407 g/mol. The molecule has 0 saturated carbocycles. The molecule has 2 N–H and O–H groups in total. The van der Waals surface area contributed by atoms with Crippen molar-refractivity contribution in [2.24, 2.45) is 0 Å². The summed E-state index contributed by atoms with van der Waals surface area (Å²) in [5.41, 5.74) is 3.78. The van der Waals surface area contributed by atoms with Gasteiger partial charge in [0.1, 0.15) is 17.1 Å². The summed E-state index contributed by atoms with van der Waals surface area (Å²) in [5.74, 6) is 1.32. The van der Waals surface area contributed by atoms with Crippen molar-refractivity contribution in [1.82, 2.24) is 0 Å². The van der Waals surface area contributed by atoms with Gasteiger partial charge >= 0.3 is 0 Å². The second kappa shape index (κ2) is 6.34. The fraction of sp³-hybridized carbons (Fsp3) is 0.263. The van der Waals surface area contributed by atoms with E-state index in [0.717, 1.165) is 53.7 Å². The Balaban J connectivity index is 1.80. The maximum atomic E-state index is 10.6. The molecule has 0 spiro atoms. The lowest BCUT2D eigenvalue weighted by molar-refractivity contribution is 0.466. The average Bonchev–Trinajstić information content (AvgIpc) is 2.94. The van der Waals surface area contributed by atoms with Gasteiger partial charge in [-0.3, -0.25) is 0 Å². The van der Waals surface area contributed by atoms with Crippen LogP contribution in [0.15, 0.2) is 39.2 Å². The van der Waals surface area contributed by atoms with Gasteiger partial charge in [-0.1, -0.05) is 23.7 Å². The molecule has 24 heavy (non-hydrogen) atoms. The lowest BCUT2D eigenvalue weighted by Gasteiger charge is -2.14. The molecule has 0 radical (unpaired) electrons. The van der Waals surface area contributed by atoms with Crippen molar-refractivity contribution >= 4 is 44.2 Å². The molecular weight excluding hydrogens is 390 g/mol. The molecule has 2 aromatic carbocycles. The molecule has 0 aliphatic heterocycles. The molecule has 0 atom stereocenters. The van der Waals surface area contributed by atoms with Crippen molar-refractivity contribution in [3.8, 4) is 5.75 Å². The molecule has 0 fully saturated rings. The minimum Gasteiger partial charge on any atom is -0.506 e. The normalized spacial score (nSPS) is 13.9. The van der Waals surface area contributed by atoms with Gasteiger partial charge in [-0.15, -0.1) is 0 Å². The first-order valence-corrected chi connectivity index (χ1v) is 9.25. The Morgan fingerprint density at radius 1 is 1.21 bits per heavy atom. The van der Waals surface area contributed by atoms with Crippen LogP contribution in [0.1, 0.15) is 29.7 Å². The monoisotopic (exact) mass is 405 g/mol. The number of phenolic OH excluding ortho intramolecular Hbond substituents is 1. The SMILES string of the molecule is Oc1c(Br)cc2oc3c(c2c1CNc1ccccc1Cl)CCCC3. The first-order chi connectivity index (χ1) is 11.6. The van der Waals surface area contributed by atoms with E-state index in [1.807, 2.05) is 30.3 Å². The molecule has 0 amide bonds. The third-order valence-corrected chi connectivity index (χ3v) is 5.53. The molecule has 1 aromatic heterocycles. The summed E-state index contributed by atoms with van der Waals surface area (Å²) in [4.78, 5) is 0. The Kier molecular flexibility index (Phi) is 4.19. The number of para-hydroxylation sites is 1. The van der Waals surface area contributed by atoms with E-state index in [1.165, 1.54) is 5.56 Å². The Morgan fingerprint density at radius 2 is 2.00 bits per heavy atom. The zero-order valence-corrected chi connectivity index (χ0v) is 15.4. The van der Waals surface area contributed by atoms with E-state index in [9.17, 15) is 5.11 Å². The summed E-state index contributed by atoms with van der Waals surface area (Å²) in [6, 6.07) is 9.47. The van der Waals surface area contributed by atoms with Gasteiger partial charge in [-0.25, -0.2) is 0 Å². The molecule has 0 unspecified atom stereocenters. The van der Waals surface area contributed by atoms with E-state index >= 15 is 0 Å². The van der Waals surface area contributed by atoms with Crippen LogP contribution < -0.4 is 5.32 Å². The van der Waals surface area contributed by atoms with Crippen molar-refractivity contribution in [2.75, 3.05) is 5.32 Å². The number of rotatable bonds is 3. The predicted molar refractivity (Wildman–Crippen MR) is 101 cm³/mol. The zero-order chi connectivity index (χ0) is 16.7. The van der Waals surface area contributed by atoms with Crippen LogP contribution in [0.5, 0.6) is 5.75 Å². The molecule has 3 nitrogen and oxygen atoms in total. The summed E-state index contributed by atoms with van der Waals surface area (Å²) in [7, 11) is 0. The molecule has 1 heterocycles. The molecule has 124 valence electrons. The number of nitrogens with one attached hydrogen (secondary N) is 1. The Bertz CT molecular complexity index is 919. The largest absolute Gasteiger partial charge is 0.506 e. The fourth-order valence-electron chi connectivity index (χ4n) is 3.43. The zero-order valence-electron chi connectivity index (χ0n) is 13.0. The second-order valence-electron chi connectivity index (χ2n) is 6.10. The summed E-state index contributed by atoms with van der Waals surface area (Å²) in [5, 5.41) is 15.6. The fourth-order valence-corrected chi connectivity index (χ4v) is 4.08. The van der Waals surface area contributed by atoms with Crippen molar-refractivity contribution in [3.05, 3.63) is 56.7 Å². The number of halogens is 2. The van der Waals surface area contributed by atoms with Crippen LogP contribution in [0.25, 0.3) is 11.0 Å². The molecule has 1 aliphatic rings. The lowest BCUT2D eigenvalue weighted by Crippen LogP contribution is -2.04. The van der Waals surface area contributed by atoms with Crippen LogP contribution >= 0.6 is 27.5 Å². The number of furan rings is 1. The van der Waals surface area contributed by atoms with Gasteiger partial charge < -0.3 is 14.8 Å². The van der Waals surface area contributed by atoms with Crippen molar-refractivity contribution < 1.29 is 9.52 Å². The van der Waals surface area contributed by atoms with E-state index < -0.39 is 0 Å². The first kappa shape index (κ1) is 15.9. The van der Waals surface area contributed by atoms with Crippen LogP contribution in [-0.4, -0.2) is 5.11 Å². The van der Waals surface area contributed by atoms with E-state index in [-0.39, 0.29) is 5.75 Å². The summed E-state index contributed by atoms with van der Waals surface area (Å²) < 4.78 is 6.70. The second-order valence-corrected chi connectivity index (χ2v) is 7.36. The number of anilines is 1. The minimum atomic E-state index is 0.260. The van der Waals surface area contributed by atoms with Gasteiger partial charge in [-0.05, 0) is 53.4 Å². The first-order valence-electron chi connectivity index (χ1n) is 8.08. The van der Waals surface area contributed by atoms with E-state index in [4.69, 9.17) is 16.0 Å². The van der Waals surface area contributed by atoms with Crippen molar-refractivity contribution in [1.29, 1.82) is 0 Å². The highest BCUT2D eigenvalue weighted by Crippen LogP contribution is 2.41. The van der Waals surface area contributed by atoms with Crippen LogP contribution in [0.3, 0.4) is 0 Å². The highest BCUT2D eigenvalue weighted by molar-refractivity contribution is 9.10. The maximum absolute atomic E-state index is 10.6. The Morgan fingerprint density at radius 3 is 2.83 bits per heavy atom. The molecule has 3 aromatic rings. The molecule has 0 saturated heterocycles. The van der Waals surface area contributed by atoms with Crippen molar-refractivity contribution in [2.45, 2.75) is 32.2 Å². The smallest absolute Gasteiger partial charge is 0.136 e. The highest BCUT2D eigenvalue weighted by atomic mass is 79.9. The van der Waals surface area contributed by atoms with E-state index in [0.29, 0.717) is 16.0 Å². The number of aromatic hydroxyl groups is 1. The number of hydrogen-bond acceptors (Lipinski definition) is 3. The highest BCUT2D eigenvalue weighted by Gasteiger charge is 2.23. The molecule has 5 heteroatoms. The quantitative estimate of drug-likeness (QED) is 0.557. The third-order valence-electron chi connectivity index (χ3n) is 4.60. The van der Waals surface area contributed by atoms with Crippen LogP contribution in [0.2, 0.25) is 5.02 Å². The van der Waals surface area contributed by atoms with Crippen LogP contribution in [-0.2, 0) is 19.4 Å². The van der Waals surface area contributed by atoms with Gasteiger partial charge in [0.2, 0.25) is 0 Å². The van der Waals surface area contributed by atoms with Gasteiger partial charge in [0, 0.05) is 29.5 Å².